The highest BCUT2D eigenvalue weighted by Gasteiger charge is 2.35. The van der Waals surface area contributed by atoms with E-state index in [0.29, 0.717) is 17.3 Å². The molecule has 4 heterocycles. The molecule has 1 atom stereocenters. The molecule has 1 aromatic carbocycles. The van der Waals surface area contributed by atoms with Crippen molar-refractivity contribution in [2.75, 3.05) is 6.54 Å². The number of halogens is 1. The van der Waals surface area contributed by atoms with Crippen molar-refractivity contribution >= 4 is 23.2 Å². The minimum absolute atomic E-state index is 0.138. The minimum atomic E-state index is -0.167. The van der Waals surface area contributed by atoms with E-state index in [-0.39, 0.29) is 17.6 Å². The van der Waals surface area contributed by atoms with Gasteiger partial charge in [-0.3, -0.25) is 9.20 Å². The SMILES string of the molecule is O=C(c1cc(-c2ccc(Cl)cc2)on1)N1CCCC1c1nnc2ccccn12. The lowest BCUT2D eigenvalue weighted by Gasteiger charge is -2.22. The van der Waals surface area contributed by atoms with Crippen LogP contribution in [-0.4, -0.2) is 37.1 Å². The smallest absolute Gasteiger partial charge is 0.276 e. The van der Waals surface area contributed by atoms with Crippen molar-refractivity contribution in [3.8, 4) is 11.3 Å². The Labute approximate surface area is 165 Å². The van der Waals surface area contributed by atoms with Gasteiger partial charge in [-0.25, -0.2) is 0 Å². The highest BCUT2D eigenvalue weighted by molar-refractivity contribution is 6.30. The zero-order chi connectivity index (χ0) is 19.1. The topological polar surface area (TPSA) is 76.5 Å². The van der Waals surface area contributed by atoms with Crippen LogP contribution in [0.2, 0.25) is 5.02 Å². The molecule has 1 aliphatic rings. The first-order valence-corrected chi connectivity index (χ1v) is 9.42. The molecule has 3 aromatic heterocycles. The van der Waals surface area contributed by atoms with Gasteiger partial charge in [0.2, 0.25) is 0 Å². The predicted octanol–water partition coefficient (Wildman–Crippen LogP) is 4.02. The van der Waals surface area contributed by atoms with Gasteiger partial charge in [0.25, 0.3) is 5.91 Å². The Kier molecular flexibility index (Phi) is 4.09. The van der Waals surface area contributed by atoms with Gasteiger partial charge in [0, 0.05) is 29.4 Å². The predicted molar refractivity (Wildman–Crippen MR) is 103 cm³/mol. The summed E-state index contributed by atoms with van der Waals surface area (Å²) in [7, 11) is 0. The van der Waals surface area contributed by atoms with Crippen molar-refractivity contribution in [1.82, 2.24) is 24.7 Å². The molecule has 8 heteroatoms. The van der Waals surface area contributed by atoms with Gasteiger partial charge in [0.1, 0.15) is 0 Å². The lowest BCUT2D eigenvalue weighted by molar-refractivity contribution is 0.0718. The first kappa shape index (κ1) is 16.9. The summed E-state index contributed by atoms with van der Waals surface area (Å²) < 4.78 is 7.32. The molecule has 28 heavy (non-hydrogen) atoms. The van der Waals surface area contributed by atoms with E-state index in [1.165, 1.54) is 0 Å². The molecule has 1 amide bonds. The summed E-state index contributed by atoms with van der Waals surface area (Å²) in [6, 6.07) is 14.5. The number of nitrogens with zero attached hydrogens (tertiary/aromatic N) is 5. The number of carbonyl (C=O) groups excluding carboxylic acids is 1. The fourth-order valence-corrected chi connectivity index (χ4v) is 3.76. The average Bonchev–Trinajstić information content (AvgIpc) is 3.46. The second kappa shape index (κ2) is 6.76. The van der Waals surface area contributed by atoms with Gasteiger partial charge in [-0.05, 0) is 49.2 Å². The molecule has 1 aliphatic heterocycles. The fraction of sp³-hybridized carbons (Fsp3) is 0.200. The summed E-state index contributed by atoms with van der Waals surface area (Å²) in [5.41, 5.74) is 1.87. The van der Waals surface area contributed by atoms with E-state index in [4.69, 9.17) is 16.1 Å². The molecule has 1 unspecified atom stereocenters. The number of fused-ring (bicyclic) bond motifs is 1. The lowest BCUT2D eigenvalue weighted by Crippen LogP contribution is -2.31. The summed E-state index contributed by atoms with van der Waals surface area (Å²) in [6.45, 7) is 0.647. The number of hydrogen-bond acceptors (Lipinski definition) is 5. The van der Waals surface area contributed by atoms with Crippen LogP contribution >= 0.6 is 11.6 Å². The number of benzene rings is 1. The van der Waals surface area contributed by atoms with Gasteiger partial charge in [-0.15, -0.1) is 10.2 Å². The second-order valence-corrected chi connectivity index (χ2v) is 7.16. The van der Waals surface area contributed by atoms with Gasteiger partial charge in [-0.1, -0.05) is 22.8 Å². The Morgan fingerprint density at radius 2 is 2.00 bits per heavy atom. The molecular formula is C20H16ClN5O2. The zero-order valence-electron chi connectivity index (χ0n) is 14.8. The number of pyridine rings is 1. The maximum Gasteiger partial charge on any atom is 0.276 e. The highest BCUT2D eigenvalue weighted by Crippen LogP contribution is 2.33. The van der Waals surface area contributed by atoms with Crippen LogP contribution in [0.1, 0.15) is 35.2 Å². The monoisotopic (exact) mass is 393 g/mol. The van der Waals surface area contributed by atoms with Crippen LogP contribution in [0.25, 0.3) is 17.0 Å². The van der Waals surface area contributed by atoms with Gasteiger partial charge < -0.3 is 9.42 Å². The maximum atomic E-state index is 13.1. The Hall–Kier alpha value is -3.19. The molecule has 0 bridgehead atoms. The summed E-state index contributed by atoms with van der Waals surface area (Å²) in [5.74, 6) is 1.13. The summed E-state index contributed by atoms with van der Waals surface area (Å²) >= 11 is 5.93. The Bertz CT molecular complexity index is 1150. The van der Waals surface area contributed by atoms with Gasteiger partial charge >= 0.3 is 0 Å². The van der Waals surface area contributed by atoms with E-state index in [1.807, 2.05) is 40.9 Å². The van der Waals surface area contributed by atoms with E-state index < -0.39 is 0 Å². The van der Waals surface area contributed by atoms with Crippen LogP contribution in [0.5, 0.6) is 0 Å². The molecular weight excluding hydrogens is 378 g/mol. The Morgan fingerprint density at radius 1 is 1.14 bits per heavy atom. The average molecular weight is 394 g/mol. The third-order valence-electron chi connectivity index (χ3n) is 5.01. The third kappa shape index (κ3) is 2.84. The summed E-state index contributed by atoms with van der Waals surface area (Å²) in [4.78, 5) is 14.9. The molecule has 0 radical (unpaired) electrons. The van der Waals surface area contributed by atoms with E-state index in [1.54, 1.807) is 23.1 Å². The van der Waals surface area contributed by atoms with Gasteiger partial charge in [0.15, 0.2) is 22.9 Å². The molecule has 140 valence electrons. The van der Waals surface area contributed by atoms with Crippen LogP contribution in [0.4, 0.5) is 0 Å². The van der Waals surface area contributed by atoms with Gasteiger partial charge in [0.05, 0.1) is 6.04 Å². The fourth-order valence-electron chi connectivity index (χ4n) is 3.64. The van der Waals surface area contributed by atoms with E-state index >= 15 is 0 Å². The quantitative estimate of drug-likeness (QED) is 0.525. The number of amides is 1. The van der Waals surface area contributed by atoms with Crippen LogP contribution in [0, 0.1) is 0 Å². The van der Waals surface area contributed by atoms with Crippen molar-refractivity contribution < 1.29 is 9.32 Å². The number of hydrogen-bond donors (Lipinski definition) is 0. The molecule has 0 N–H and O–H groups in total. The third-order valence-corrected chi connectivity index (χ3v) is 5.26. The van der Waals surface area contributed by atoms with Crippen molar-refractivity contribution in [2.45, 2.75) is 18.9 Å². The molecule has 1 fully saturated rings. The van der Waals surface area contributed by atoms with Crippen molar-refractivity contribution in [2.24, 2.45) is 0 Å². The first-order chi connectivity index (χ1) is 13.7. The zero-order valence-corrected chi connectivity index (χ0v) is 15.6. The number of rotatable bonds is 3. The van der Waals surface area contributed by atoms with Crippen LogP contribution < -0.4 is 0 Å². The Balaban J connectivity index is 1.44. The normalized spacial score (nSPS) is 16.8. The van der Waals surface area contributed by atoms with Crippen molar-refractivity contribution in [3.63, 3.8) is 0 Å². The van der Waals surface area contributed by atoms with Gasteiger partial charge in [-0.2, -0.15) is 0 Å². The molecule has 5 rings (SSSR count). The molecule has 0 saturated carbocycles. The lowest BCUT2D eigenvalue weighted by atomic mass is 10.1. The first-order valence-electron chi connectivity index (χ1n) is 9.04. The van der Waals surface area contributed by atoms with Crippen molar-refractivity contribution in [1.29, 1.82) is 0 Å². The number of aromatic nitrogens is 4. The number of likely N-dealkylation sites (tertiary alicyclic amines) is 1. The number of carbonyl (C=O) groups is 1. The molecule has 0 spiro atoms. The summed E-state index contributed by atoms with van der Waals surface area (Å²) in [5, 5.41) is 13.2. The molecule has 7 nitrogen and oxygen atoms in total. The minimum Gasteiger partial charge on any atom is -0.355 e. The van der Waals surface area contributed by atoms with E-state index in [9.17, 15) is 4.79 Å². The summed E-state index contributed by atoms with van der Waals surface area (Å²) in [6.07, 6.45) is 3.66. The molecule has 4 aromatic rings. The largest absolute Gasteiger partial charge is 0.355 e. The van der Waals surface area contributed by atoms with Crippen LogP contribution in [-0.2, 0) is 0 Å². The molecule has 1 saturated heterocycles. The second-order valence-electron chi connectivity index (χ2n) is 6.73. The highest BCUT2D eigenvalue weighted by atomic mass is 35.5. The van der Waals surface area contributed by atoms with Crippen LogP contribution in [0.15, 0.2) is 59.3 Å². The van der Waals surface area contributed by atoms with E-state index in [0.717, 1.165) is 29.9 Å². The maximum absolute atomic E-state index is 13.1. The van der Waals surface area contributed by atoms with Crippen molar-refractivity contribution in [3.05, 3.63) is 71.3 Å². The molecule has 0 aliphatic carbocycles. The van der Waals surface area contributed by atoms with E-state index in [2.05, 4.69) is 15.4 Å². The standard InChI is InChI=1S/C20H16ClN5O2/c21-14-8-6-13(7-9-14)17-12-15(24-28-17)20(27)25-11-3-4-16(25)19-23-22-18-5-1-2-10-26(18)19/h1-2,5-10,12,16H,3-4,11H2. The Morgan fingerprint density at radius 3 is 2.86 bits per heavy atom. The van der Waals surface area contributed by atoms with Crippen LogP contribution in [0.3, 0.4) is 0 Å².